The molecule has 3 heteroatoms. The molecule has 0 aliphatic rings. The zero-order valence-electron chi connectivity index (χ0n) is 9.37. The molecule has 1 aromatic carbocycles. The van der Waals surface area contributed by atoms with E-state index in [9.17, 15) is 4.39 Å². The number of likely N-dealkylation sites (N-methyl/N-ethyl adjacent to an activating group) is 1. The average molecular weight is 211 g/mol. The Morgan fingerprint density at radius 2 is 2.00 bits per heavy atom. The normalized spacial score (nSPS) is 10.7. The fraction of sp³-hybridized carbons (Fsp3) is 0.500. The van der Waals surface area contributed by atoms with Gasteiger partial charge in [-0.05, 0) is 25.2 Å². The zero-order chi connectivity index (χ0) is 11.1. The predicted octanol–water partition coefficient (Wildman–Crippen LogP) is 2.55. The van der Waals surface area contributed by atoms with Crippen molar-refractivity contribution in [1.82, 2.24) is 4.90 Å². The number of hydrogen-bond acceptors (Lipinski definition) is 2. The van der Waals surface area contributed by atoms with Crippen molar-refractivity contribution in [1.29, 1.82) is 0 Å². The van der Waals surface area contributed by atoms with E-state index in [-0.39, 0.29) is 5.82 Å². The minimum absolute atomic E-state index is 0.254. The third-order valence-electron chi connectivity index (χ3n) is 2.37. The van der Waals surface area contributed by atoms with E-state index in [1.807, 2.05) is 0 Å². The second-order valence-electron chi connectivity index (χ2n) is 3.33. The summed E-state index contributed by atoms with van der Waals surface area (Å²) >= 11 is 0. The van der Waals surface area contributed by atoms with E-state index in [2.05, 4.69) is 18.7 Å². The van der Waals surface area contributed by atoms with Gasteiger partial charge in [0.05, 0.1) is 0 Å². The van der Waals surface area contributed by atoms with Crippen LogP contribution in [-0.2, 0) is 0 Å². The van der Waals surface area contributed by atoms with Crippen LogP contribution in [0.25, 0.3) is 0 Å². The van der Waals surface area contributed by atoms with Crippen LogP contribution < -0.4 is 4.74 Å². The fourth-order valence-corrected chi connectivity index (χ4v) is 1.39. The summed E-state index contributed by atoms with van der Waals surface area (Å²) in [6.07, 6.45) is 0. The summed E-state index contributed by atoms with van der Waals surface area (Å²) in [5, 5.41) is 0. The number of rotatable bonds is 6. The van der Waals surface area contributed by atoms with Gasteiger partial charge in [0.15, 0.2) is 0 Å². The highest BCUT2D eigenvalue weighted by Gasteiger charge is 1.99. The summed E-state index contributed by atoms with van der Waals surface area (Å²) in [5.41, 5.74) is 0. The van der Waals surface area contributed by atoms with Gasteiger partial charge in [-0.15, -0.1) is 0 Å². The van der Waals surface area contributed by atoms with Crippen molar-refractivity contribution in [3.8, 4) is 5.75 Å². The van der Waals surface area contributed by atoms with Gasteiger partial charge in [0.2, 0.25) is 0 Å². The zero-order valence-corrected chi connectivity index (χ0v) is 9.37. The molecule has 84 valence electrons. The maximum Gasteiger partial charge on any atom is 0.126 e. The summed E-state index contributed by atoms with van der Waals surface area (Å²) in [7, 11) is 0. The van der Waals surface area contributed by atoms with Gasteiger partial charge < -0.3 is 9.64 Å². The Bertz CT molecular complexity index is 287. The molecule has 0 saturated heterocycles. The number of nitrogens with zero attached hydrogens (tertiary/aromatic N) is 1. The van der Waals surface area contributed by atoms with Crippen LogP contribution in [0.2, 0.25) is 0 Å². The SMILES string of the molecule is CCN(CC)CCOc1cccc(F)c1. The highest BCUT2D eigenvalue weighted by atomic mass is 19.1. The molecule has 1 aromatic rings. The Morgan fingerprint density at radius 3 is 2.60 bits per heavy atom. The standard InChI is InChI=1S/C12H18FNO/c1-3-14(4-2)8-9-15-12-7-5-6-11(13)10-12/h5-7,10H,3-4,8-9H2,1-2H3. The lowest BCUT2D eigenvalue weighted by Crippen LogP contribution is -2.27. The number of ether oxygens (including phenoxy) is 1. The number of benzene rings is 1. The first-order valence-corrected chi connectivity index (χ1v) is 5.37. The minimum atomic E-state index is -0.254. The average Bonchev–Trinajstić information content (AvgIpc) is 2.25. The van der Waals surface area contributed by atoms with Crippen LogP contribution in [0.3, 0.4) is 0 Å². The molecule has 0 aromatic heterocycles. The Balaban J connectivity index is 2.31. The second-order valence-corrected chi connectivity index (χ2v) is 3.33. The van der Waals surface area contributed by atoms with Crippen molar-refractivity contribution in [2.75, 3.05) is 26.2 Å². The summed E-state index contributed by atoms with van der Waals surface area (Å²) in [6.45, 7) is 7.75. The molecule has 0 amide bonds. The maximum absolute atomic E-state index is 12.8. The van der Waals surface area contributed by atoms with Crippen LogP contribution in [-0.4, -0.2) is 31.1 Å². The van der Waals surface area contributed by atoms with Crippen molar-refractivity contribution in [3.63, 3.8) is 0 Å². The van der Waals surface area contributed by atoms with E-state index in [0.29, 0.717) is 12.4 Å². The first kappa shape index (κ1) is 12.0. The molecule has 0 unspecified atom stereocenters. The lowest BCUT2D eigenvalue weighted by atomic mass is 10.3. The van der Waals surface area contributed by atoms with E-state index in [1.165, 1.54) is 12.1 Å². The number of hydrogen-bond donors (Lipinski definition) is 0. The van der Waals surface area contributed by atoms with Crippen molar-refractivity contribution in [3.05, 3.63) is 30.1 Å². The molecule has 0 bridgehead atoms. The summed E-state index contributed by atoms with van der Waals surface area (Å²) in [4.78, 5) is 2.26. The smallest absolute Gasteiger partial charge is 0.126 e. The van der Waals surface area contributed by atoms with Crippen molar-refractivity contribution in [2.24, 2.45) is 0 Å². The fourth-order valence-electron chi connectivity index (χ4n) is 1.39. The Hall–Kier alpha value is -1.09. The molecule has 15 heavy (non-hydrogen) atoms. The Morgan fingerprint density at radius 1 is 1.27 bits per heavy atom. The van der Waals surface area contributed by atoms with Crippen LogP contribution in [0.5, 0.6) is 5.75 Å². The molecule has 0 fully saturated rings. The van der Waals surface area contributed by atoms with Gasteiger partial charge in [0, 0.05) is 12.6 Å². The summed E-state index contributed by atoms with van der Waals surface area (Å²) in [6, 6.07) is 6.24. The van der Waals surface area contributed by atoms with Gasteiger partial charge in [-0.1, -0.05) is 19.9 Å². The molecule has 0 aliphatic carbocycles. The molecular formula is C12H18FNO. The molecule has 0 radical (unpaired) electrons. The van der Waals surface area contributed by atoms with Crippen LogP contribution in [0.1, 0.15) is 13.8 Å². The first-order chi connectivity index (χ1) is 7.26. The van der Waals surface area contributed by atoms with E-state index in [1.54, 1.807) is 12.1 Å². The van der Waals surface area contributed by atoms with Crippen molar-refractivity contribution < 1.29 is 9.13 Å². The monoisotopic (exact) mass is 211 g/mol. The number of halogens is 1. The third kappa shape index (κ3) is 4.30. The molecule has 0 saturated carbocycles. The highest BCUT2D eigenvalue weighted by Crippen LogP contribution is 2.11. The van der Waals surface area contributed by atoms with Crippen LogP contribution >= 0.6 is 0 Å². The van der Waals surface area contributed by atoms with Gasteiger partial charge in [-0.25, -0.2) is 4.39 Å². The molecule has 0 heterocycles. The Labute approximate surface area is 90.7 Å². The van der Waals surface area contributed by atoms with Gasteiger partial charge in [-0.3, -0.25) is 0 Å². The van der Waals surface area contributed by atoms with Gasteiger partial charge >= 0.3 is 0 Å². The summed E-state index contributed by atoms with van der Waals surface area (Å²) < 4.78 is 18.2. The van der Waals surface area contributed by atoms with Crippen LogP contribution in [0.4, 0.5) is 4.39 Å². The third-order valence-corrected chi connectivity index (χ3v) is 2.37. The largest absolute Gasteiger partial charge is 0.492 e. The molecule has 0 aliphatic heterocycles. The van der Waals surface area contributed by atoms with E-state index in [0.717, 1.165) is 19.6 Å². The quantitative estimate of drug-likeness (QED) is 0.717. The van der Waals surface area contributed by atoms with E-state index in [4.69, 9.17) is 4.74 Å². The highest BCUT2D eigenvalue weighted by molar-refractivity contribution is 5.22. The minimum Gasteiger partial charge on any atom is -0.492 e. The van der Waals surface area contributed by atoms with Crippen molar-refractivity contribution >= 4 is 0 Å². The molecule has 2 nitrogen and oxygen atoms in total. The lowest BCUT2D eigenvalue weighted by Gasteiger charge is -2.17. The first-order valence-electron chi connectivity index (χ1n) is 5.37. The molecule has 1 rings (SSSR count). The van der Waals surface area contributed by atoms with Gasteiger partial charge in [0.25, 0.3) is 0 Å². The Kier molecular flexibility index (Phi) is 5.12. The second kappa shape index (κ2) is 6.40. The molecule has 0 atom stereocenters. The lowest BCUT2D eigenvalue weighted by molar-refractivity contribution is 0.222. The van der Waals surface area contributed by atoms with E-state index < -0.39 is 0 Å². The summed E-state index contributed by atoms with van der Waals surface area (Å²) in [5.74, 6) is 0.345. The molecular weight excluding hydrogens is 193 g/mol. The van der Waals surface area contributed by atoms with Crippen molar-refractivity contribution in [2.45, 2.75) is 13.8 Å². The molecule has 0 spiro atoms. The van der Waals surface area contributed by atoms with Gasteiger partial charge in [-0.2, -0.15) is 0 Å². The predicted molar refractivity (Wildman–Crippen MR) is 59.7 cm³/mol. The van der Waals surface area contributed by atoms with Crippen LogP contribution in [0, 0.1) is 5.82 Å². The van der Waals surface area contributed by atoms with E-state index >= 15 is 0 Å². The van der Waals surface area contributed by atoms with Crippen LogP contribution in [0.15, 0.2) is 24.3 Å². The molecule has 0 N–H and O–H groups in total. The maximum atomic E-state index is 12.8. The van der Waals surface area contributed by atoms with Gasteiger partial charge in [0.1, 0.15) is 18.2 Å². The topological polar surface area (TPSA) is 12.5 Å².